The first kappa shape index (κ1) is 17.8. The lowest BCUT2D eigenvalue weighted by molar-refractivity contribution is 0.250. The zero-order valence-electron chi connectivity index (χ0n) is 16.0. The van der Waals surface area contributed by atoms with Crippen LogP contribution in [0.1, 0.15) is 5.56 Å². The second kappa shape index (κ2) is 7.26. The predicted molar refractivity (Wildman–Crippen MR) is 116 cm³/mol. The molecule has 0 unspecified atom stereocenters. The van der Waals surface area contributed by atoms with E-state index in [1.54, 1.807) is 18.2 Å². The van der Waals surface area contributed by atoms with Crippen molar-refractivity contribution in [1.82, 2.24) is 4.90 Å². The average molecular weight is 386 g/mol. The summed E-state index contributed by atoms with van der Waals surface area (Å²) in [4.78, 5) is 16.8. The molecule has 0 aliphatic carbocycles. The molecule has 1 aromatic heterocycles. The second-order valence-corrected chi connectivity index (χ2v) is 7.53. The van der Waals surface area contributed by atoms with Crippen LogP contribution in [0.2, 0.25) is 0 Å². The van der Waals surface area contributed by atoms with Gasteiger partial charge in [-0.25, -0.2) is 4.79 Å². The van der Waals surface area contributed by atoms with E-state index in [9.17, 15) is 9.90 Å². The van der Waals surface area contributed by atoms with Gasteiger partial charge in [0.25, 0.3) is 0 Å². The van der Waals surface area contributed by atoms with E-state index in [2.05, 4.69) is 21.9 Å². The molecular formula is C24H22N2O3. The van der Waals surface area contributed by atoms with Crippen molar-refractivity contribution >= 4 is 27.4 Å². The summed E-state index contributed by atoms with van der Waals surface area (Å²) in [5.74, 6) is 0.286. The molecule has 0 spiro atoms. The fourth-order valence-corrected chi connectivity index (χ4v) is 4.21. The quantitative estimate of drug-likeness (QED) is 0.426. The molecule has 3 aromatic carbocycles. The van der Waals surface area contributed by atoms with Gasteiger partial charge >= 0.3 is 5.63 Å². The van der Waals surface area contributed by atoms with Crippen molar-refractivity contribution < 1.29 is 9.52 Å². The number of anilines is 1. The number of aromatic hydroxyl groups is 1. The van der Waals surface area contributed by atoms with Crippen molar-refractivity contribution in [3.8, 4) is 5.75 Å². The summed E-state index contributed by atoms with van der Waals surface area (Å²) < 4.78 is 5.48. The minimum absolute atomic E-state index is 0.286. The molecule has 1 aliphatic heterocycles. The highest BCUT2D eigenvalue weighted by Gasteiger charge is 2.19. The number of piperazine rings is 1. The van der Waals surface area contributed by atoms with Crippen LogP contribution in [0, 0.1) is 0 Å². The lowest BCUT2D eigenvalue weighted by Gasteiger charge is -2.36. The molecular weight excluding hydrogens is 364 g/mol. The van der Waals surface area contributed by atoms with E-state index >= 15 is 0 Å². The summed E-state index contributed by atoms with van der Waals surface area (Å²) in [6, 6.07) is 21.1. The van der Waals surface area contributed by atoms with Crippen molar-refractivity contribution in [2.24, 2.45) is 0 Å². The third-order valence-electron chi connectivity index (χ3n) is 5.70. The smallest absolute Gasteiger partial charge is 0.336 e. The maximum Gasteiger partial charge on any atom is 0.336 e. The van der Waals surface area contributed by atoms with Crippen LogP contribution in [0.3, 0.4) is 0 Å². The standard InChI is InChI=1S/C24H22N2O3/c27-20-8-6-19(7-9-20)26-13-11-25(12-14-26)16-18-15-23(28)29-22-10-5-17-3-1-2-4-21(17)24(18)22/h1-10,15,27H,11-14,16H2. The average Bonchev–Trinajstić information content (AvgIpc) is 2.74. The molecule has 0 atom stereocenters. The van der Waals surface area contributed by atoms with E-state index in [4.69, 9.17) is 4.42 Å². The fourth-order valence-electron chi connectivity index (χ4n) is 4.21. The van der Waals surface area contributed by atoms with Gasteiger partial charge in [0, 0.05) is 49.9 Å². The van der Waals surface area contributed by atoms with Crippen LogP contribution in [0.4, 0.5) is 5.69 Å². The highest BCUT2D eigenvalue weighted by Crippen LogP contribution is 2.28. The SMILES string of the molecule is O=c1cc(CN2CCN(c3ccc(O)cc3)CC2)c2c(ccc3ccccc32)o1. The number of rotatable bonds is 3. The van der Waals surface area contributed by atoms with E-state index < -0.39 is 0 Å². The van der Waals surface area contributed by atoms with Crippen LogP contribution in [0.15, 0.2) is 75.9 Å². The third-order valence-corrected chi connectivity index (χ3v) is 5.70. The lowest BCUT2D eigenvalue weighted by Crippen LogP contribution is -2.46. The first-order valence-electron chi connectivity index (χ1n) is 9.88. The topological polar surface area (TPSA) is 56.9 Å². The van der Waals surface area contributed by atoms with E-state index in [0.717, 1.165) is 60.1 Å². The highest BCUT2D eigenvalue weighted by atomic mass is 16.4. The number of benzene rings is 3. The van der Waals surface area contributed by atoms with Crippen LogP contribution in [0.25, 0.3) is 21.7 Å². The Kier molecular flexibility index (Phi) is 4.45. The minimum atomic E-state index is -0.300. The zero-order valence-corrected chi connectivity index (χ0v) is 16.0. The summed E-state index contributed by atoms with van der Waals surface area (Å²) in [6.45, 7) is 4.36. The van der Waals surface area contributed by atoms with Gasteiger partial charge in [0.1, 0.15) is 11.3 Å². The molecule has 1 aliphatic rings. The number of hydrogen-bond donors (Lipinski definition) is 1. The molecule has 1 N–H and O–H groups in total. The van der Waals surface area contributed by atoms with E-state index in [-0.39, 0.29) is 11.4 Å². The van der Waals surface area contributed by atoms with Crippen molar-refractivity contribution in [2.45, 2.75) is 6.54 Å². The molecule has 0 saturated carbocycles. The van der Waals surface area contributed by atoms with E-state index in [1.165, 1.54) is 0 Å². The maximum absolute atomic E-state index is 12.1. The first-order valence-corrected chi connectivity index (χ1v) is 9.88. The molecule has 1 saturated heterocycles. The molecule has 5 rings (SSSR count). The fraction of sp³-hybridized carbons (Fsp3) is 0.208. The Morgan fingerprint density at radius 3 is 2.45 bits per heavy atom. The van der Waals surface area contributed by atoms with Crippen molar-refractivity contribution in [1.29, 1.82) is 0 Å². The van der Waals surface area contributed by atoms with Crippen LogP contribution < -0.4 is 10.5 Å². The zero-order chi connectivity index (χ0) is 19.8. The Balaban J connectivity index is 1.41. The largest absolute Gasteiger partial charge is 0.508 e. The van der Waals surface area contributed by atoms with Crippen molar-refractivity contribution in [2.75, 3.05) is 31.1 Å². The third kappa shape index (κ3) is 3.45. The molecule has 2 heterocycles. The van der Waals surface area contributed by atoms with Gasteiger partial charge in [-0.3, -0.25) is 4.90 Å². The summed E-state index contributed by atoms with van der Waals surface area (Å²) in [7, 11) is 0. The van der Waals surface area contributed by atoms with Crippen LogP contribution >= 0.6 is 0 Å². The van der Waals surface area contributed by atoms with Gasteiger partial charge in [0.2, 0.25) is 0 Å². The first-order chi connectivity index (χ1) is 14.2. The van der Waals surface area contributed by atoms with Crippen LogP contribution in [-0.4, -0.2) is 36.2 Å². The summed E-state index contributed by atoms with van der Waals surface area (Å²) in [5, 5.41) is 12.8. The molecule has 0 radical (unpaired) electrons. The molecule has 5 heteroatoms. The summed E-state index contributed by atoms with van der Waals surface area (Å²) in [5.41, 5.74) is 2.49. The Morgan fingerprint density at radius 2 is 1.66 bits per heavy atom. The van der Waals surface area contributed by atoms with Crippen LogP contribution in [0.5, 0.6) is 5.75 Å². The minimum Gasteiger partial charge on any atom is -0.508 e. The normalized spacial score (nSPS) is 15.2. The van der Waals surface area contributed by atoms with E-state index in [0.29, 0.717) is 5.58 Å². The number of nitrogens with zero attached hydrogens (tertiary/aromatic N) is 2. The Morgan fingerprint density at radius 1 is 0.897 bits per heavy atom. The number of phenolic OH excluding ortho intramolecular Hbond substituents is 1. The second-order valence-electron chi connectivity index (χ2n) is 7.53. The monoisotopic (exact) mass is 386 g/mol. The lowest BCUT2D eigenvalue weighted by atomic mass is 10.0. The van der Waals surface area contributed by atoms with Gasteiger partial charge in [0.15, 0.2) is 0 Å². The Labute approximate surface area is 168 Å². The molecule has 0 amide bonds. The van der Waals surface area contributed by atoms with Crippen molar-refractivity contribution in [3.63, 3.8) is 0 Å². The molecule has 4 aromatic rings. The van der Waals surface area contributed by atoms with Gasteiger partial charge in [-0.1, -0.05) is 30.3 Å². The van der Waals surface area contributed by atoms with Gasteiger partial charge < -0.3 is 14.4 Å². The molecule has 29 heavy (non-hydrogen) atoms. The Bertz CT molecular complexity index is 1220. The maximum atomic E-state index is 12.1. The predicted octanol–water partition coefficient (Wildman–Crippen LogP) is 3.97. The highest BCUT2D eigenvalue weighted by molar-refractivity contribution is 6.07. The number of hydrogen-bond acceptors (Lipinski definition) is 5. The van der Waals surface area contributed by atoms with Gasteiger partial charge in [0.05, 0.1) is 0 Å². The Hall–Kier alpha value is -3.31. The molecule has 0 bridgehead atoms. The van der Waals surface area contributed by atoms with Crippen molar-refractivity contribution in [3.05, 3.63) is 82.7 Å². The summed E-state index contributed by atoms with van der Waals surface area (Å²) >= 11 is 0. The molecule has 1 fully saturated rings. The molecule has 146 valence electrons. The number of fused-ring (bicyclic) bond motifs is 3. The summed E-state index contributed by atoms with van der Waals surface area (Å²) in [6.07, 6.45) is 0. The van der Waals surface area contributed by atoms with Gasteiger partial charge in [-0.05, 0) is 46.7 Å². The van der Waals surface area contributed by atoms with Gasteiger partial charge in [-0.2, -0.15) is 0 Å². The number of phenols is 1. The van der Waals surface area contributed by atoms with Crippen LogP contribution in [-0.2, 0) is 6.54 Å². The van der Waals surface area contributed by atoms with E-state index in [1.807, 2.05) is 36.4 Å². The molecule has 5 nitrogen and oxygen atoms in total. The van der Waals surface area contributed by atoms with Gasteiger partial charge in [-0.15, -0.1) is 0 Å².